The number of hydrogen-bond acceptors (Lipinski definition) is 2. The van der Waals surface area contributed by atoms with Gasteiger partial charge in [-0.2, -0.15) is 5.10 Å². The van der Waals surface area contributed by atoms with Crippen LogP contribution in [0.4, 0.5) is 0 Å². The number of aryl methyl sites for hydroxylation is 1. The Labute approximate surface area is 122 Å². The minimum atomic E-state index is 0.326. The average Bonchev–Trinajstić information content (AvgIpc) is 2.94. The molecule has 2 saturated carbocycles. The molecule has 1 aromatic rings. The molecule has 0 aliphatic heterocycles. The van der Waals surface area contributed by atoms with Crippen LogP contribution >= 0.6 is 0 Å². The lowest BCUT2D eigenvalue weighted by atomic mass is 9.66. The van der Waals surface area contributed by atoms with Gasteiger partial charge >= 0.3 is 0 Å². The lowest BCUT2D eigenvalue weighted by Crippen LogP contribution is -2.38. The number of nitrogens with zero attached hydrogens (tertiary/aromatic N) is 2. The Morgan fingerprint density at radius 2 is 2.05 bits per heavy atom. The molecule has 3 nitrogen and oxygen atoms in total. The summed E-state index contributed by atoms with van der Waals surface area (Å²) >= 11 is 0. The van der Waals surface area contributed by atoms with Crippen molar-refractivity contribution in [3.63, 3.8) is 0 Å². The van der Waals surface area contributed by atoms with Gasteiger partial charge in [0.15, 0.2) is 0 Å². The van der Waals surface area contributed by atoms with E-state index in [0.717, 1.165) is 30.7 Å². The van der Waals surface area contributed by atoms with Crippen molar-refractivity contribution in [2.24, 2.45) is 23.5 Å². The molecule has 1 aromatic heterocycles. The smallest absolute Gasteiger partial charge is 0.0522 e. The summed E-state index contributed by atoms with van der Waals surface area (Å²) in [4.78, 5) is 0. The molecule has 0 bridgehead atoms. The Bertz CT molecular complexity index is 426. The molecular formula is C17H29N3. The summed E-state index contributed by atoms with van der Waals surface area (Å²) in [5.74, 6) is 2.74. The first-order valence-corrected chi connectivity index (χ1v) is 8.53. The van der Waals surface area contributed by atoms with E-state index in [0.29, 0.717) is 6.04 Å². The number of hydrogen-bond donors (Lipinski definition) is 1. The number of fused-ring (bicyclic) bond motifs is 1. The zero-order chi connectivity index (χ0) is 13.9. The maximum Gasteiger partial charge on any atom is 0.0522 e. The summed E-state index contributed by atoms with van der Waals surface area (Å²) in [6, 6.07) is 0.326. The molecule has 0 spiro atoms. The first-order chi connectivity index (χ1) is 9.76. The van der Waals surface area contributed by atoms with Crippen LogP contribution in [-0.4, -0.2) is 15.8 Å². The molecule has 2 aliphatic carbocycles. The Morgan fingerprint density at radius 1 is 1.25 bits per heavy atom. The monoisotopic (exact) mass is 275 g/mol. The highest BCUT2D eigenvalue weighted by atomic mass is 15.3. The van der Waals surface area contributed by atoms with Crippen molar-refractivity contribution in [3.8, 4) is 0 Å². The van der Waals surface area contributed by atoms with E-state index in [1.165, 1.54) is 50.5 Å². The Kier molecular flexibility index (Phi) is 4.45. The zero-order valence-corrected chi connectivity index (χ0v) is 12.8. The minimum Gasteiger partial charge on any atom is -0.327 e. The summed E-state index contributed by atoms with van der Waals surface area (Å²) in [6.45, 7) is 3.07. The maximum absolute atomic E-state index is 6.52. The lowest BCUT2D eigenvalue weighted by molar-refractivity contribution is 0.117. The highest BCUT2D eigenvalue weighted by Gasteiger charge is 2.34. The normalized spacial score (nSPS) is 31.8. The van der Waals surface area contributed by atoms with Gasteiger partial charge in [-0.1, -0.05) is 25.7 Å². The van der Waals surface area contributed by atoms with Crippen molar-refractivity contribution < 1.29 is 0 Å². The van der Waals surface area contributed by atoms with Gasteiger partial charge < -0.3 is 5.73 Å². The summed E-state index contributed by atoms with van der Waals surface area (Å²) < 4.78 is 2.00. The van der Waals surface area contributed by atoms with E-state index >= 15 is 0 Å². The molecule has 2 fully saturated rings. The second kappa shape index (κ2) is 6.30. The second-order valence-electron chi connectivity index (χ2n) is 6.95. The van der Waals surface area contributed by atoms with Gasteiger partial charge in [-0.15, -0.1) is 0 Å². The van der Waals surface area contributed by atoms with E-state index < -0.39 is 0 Å². The van der Waals surface area contributed by atoms with E-state index in [9.17, 15) is 0 Å². The van der Waals surface area contributed by atoms with Gasteiger partial charge in [-0.3, -0.25) is 4.68 Å². The molecule has 2 aliphatic rings. The fourth-order valence-corrected chi connectivity index (χ4v) is 4.42. The van der Waals surface area contributed by atoms with Crippen LogP contribution in [0.5, 0.6) is 0 Å². The Hall–Kier alpha value is -0.830. The van der Waals surface area contributed by atoms with Gasteiger partial charge in [0.25, 0.3) is 0 Å². The fourth-order valence-electron chi connectivity index (χ4n) is 4.42. The number of nitrogens with two attached hydrogens (primary N) is 1. The predicted octanol–water partition coefficient (Wildman–Crippen LogP) is 3.38. The zero-order valence-electron chi connectivity index (χ0n) is 12.8. The average molecular weight is 275 g/mol. The first-order valence-electron chi connectivity index (χ1n) is 8.53. The van der Waals surface area contributed by atoms with Crippen molar-refractivity contribution in [1.82, 2.24) is 9.78 Å². The number of aromatic nitrogens is 2. The van der Waals surface area contributed by atoms with Crippen LogP contribution in [0, 0.1) is 17.8 Å². The third kappa shape index (κ3) is 3.08. The molecule has 4 unspecified atom stereocenters. The third-order valence-electron chi connectivity index (χ3n) is 5.67. The van der Waals surface area contributed by atoms with Crippen LogP contribution in [0.3, 0.4) is 0 Å². The van der Waals surface area contributed by atoms with Crippen LogP contribution in [0.2, 0.25) is 0 Å². The van der Waals surface area contributed by atoms with Crippen LogP contribution < -0.4 is 5.73 Å². The van der Waals surface area contributed by atoms with Crippen molar-refractivity contribution >= 4 is 0 Å². The van der Waals surface area contributed by atoms with Crippen molar-refractivity contribution in [3.05, 3.63) is 18.0 Å². The standard InChI is InChI=1S/C17H29N3/c1-2-20-12-13(11-19-20)9-17(18)16-8-7-14-5-3-4-6-15(14)10-16/h11-12,14-17H,2-10,18H2,1H3. The van der Waals surface area contributed by atoms with Crippen LogP contribution in [0.1, 0.15) is 57.4 Å². The quantitative estimate of drug-likeness (QED) is 0.915. The molecule has 3 heteroatoms. The molecule has 0 saturated heterocycles. The fraction of sp³-hybridized carbons (Fsp3) is 0.824. The van der Waals surface area contributed by atoms with Gasteiger partial charge in [0, 0.05) is 18.8 Å². The van der Waals surface area contributed by atoms with Crippen molar-refractivity contribution in [1.29, 1.82) is 0 Å². The minimum absolute atomic E-state index is 0.326. The largest absolute Gasteiger partial charge is 0.327 e. The van der Waals surface area contributed by atoms with Gasteiger partial charge in [0.2, 0.25) is 0 Å². The van der Waals surface area contributed by atoms with Crippen LogP contribution in [0.15, 0.2) is 12.4 Å². The molecule has 4 atom stereocenters. The molecule has 2 N–H and O–H groups in total. The highest BCUT2D eigenvalue weighted by molar-refractivity contribution is 5.07. The second-order valence-corrected chi connectivity index (χ2v) is 6.95. The van der Waals surface area contributed by atoms with Gasteiger partial charge in [0.05, 0.1) is 6.20 Å². The first kappa shape index (κ1) is 14.1. The summed E-state index contributed by atoms with van der Waals surface area (Å²) in [6.07, 6.45) is 15.2. The SMILES string of the molecule is CCn1cc(CC(N)C2CCC3CCCCC3C2)cn1. The Balaban J connectivity index is 1.55. The molecule has 0 amide bonds. The van der Waals surface area contributed by atoms with Gasteiger partial charge in [0.1, 0.15) is 0 Å². The van der Waals surface area contributed by atoms with Crippen molar-refractivity contribution in [2.75, 3.05) is 0 Å². The lowest BCUT2D eigenvalue weighted by Gasteiger charge is -2.41. The Morgan fingerprint density at radius 3 is 2.80 bits per heavy atom. The molecule has 112 valence electrons. The van der Waals surface area contributed by atoms with E-state index in [2.05, 4.69) is 18.2 Å². The topological polar surface area (TPSA) is 43.8 Å². The highest BCUT2D eigenvalue weighted by Crippen LogP contribution is 2.43. The molecular weight excluding hydrogens is 246 g/mol. The molecule has 1 heterocycles. The third-order valence-corrected chi connectivity index (χ3v) is 5.67. The van der Waals surface area contributed by atoms with E-state index in [1.54, 1.807) is 0 Å². The molecule has 3 rings (SSSR count). The van der Waals surface area contributed by atoms with E-state index in [-0.39, 0.29) is 0 Å². The molecule has 0 aromatic carbocycles. The van der Waals surface area contributed by atoms with E-state index in [1.807, 2.05) is 10.9 Å². The summed E-state index contributed by atoms with van der Waals surface area (Å²) in [5, 5.41) is 4.36. The number of rotatable bonds is 4. The van der Waals surface area contributed by atoms with Gasteiger partial charge in [-0.05, 0) is 55.9 Å². The summed E-state index contributed by atoms with van der Waals surface area (Å²) in [7, 11) is 0. The predicted molar refractivity (Wildman–Crippen MR) is 82.4 cm³/mol. The molecule has 0 radical (unpaired) electrons. The van der Waals surface area contributed by atoms with E-state index in [4.69, 9.17) is 5.73 Å². The van der Waals surface area contributed by atoms with Crippen LogP contribution in [0.25, 0.3) is 0 Å². The maximum atomic E-state index is 6.52. The van der Waals surface area contributed by atoms with Gasteiger partial charge in [-0.25, -0.2) is 0 Å². The van der Waals surface area contributed by atoms with Crippen molar-refractivity contribution in [2.45, 2.75) is 70.9 Å². The summed E-state index contributed by atoms with van der Waals surface area (Å²) in [5.41, 5.74) is 7.83. The van der Waals surface area contributed by atoms with Crippen LogP contribution in [-0.2, 0) is 13.0 Å². The molecule has 20 heavy (non-hydrogen) atoms.